The predicted molar refractivity (Wildman–Crippen MR) is 139 cm³/mol. The highest BCUT2D eigenvalue weighted by atomic mass is 19.4. The number of halogens is 3. The van der Waals surface area contributed by atoms with Crippen molar-refractivity contribution in [2.45, 2.75) is 37.6 Å². The summed E-state index contributed by atoms with van der Waals surface area (Å²) in [5.41, 5.74) is -1.70. The van der Waals surface area contributed by atoms with E-state index in [0.717, 1.165) is 22.3 Å². The highest BCUT2D eigenvalue weighted by Gasteiger charge is 2.38. The zero-order valence-corrected chi connectivity index (χ0v) is 20.9. The third-order valence-electron chi connectivity index (χ3n) is 7.30. The molecular formula is C29H26F3N3O4. The van der Waals surface area contributed by atoms with Gasteiger partial charge in [-0.15, -0.1) is 0 Å². The van der Waals surface area contributed by atoms with Gasteiger partial charge in [0, 0.05) is 25.2 Å². The second-order valence-corrected chi connectivity index (χ2v) is 9.79. The topological polar surface area (TPSA) is 95.4 Å². The molecule has 0 saturated carbocycles. The minimum atomic E-state index is -4.52. The second kappa shape index (κ2) is 10.2. The summed E-state index contributed by atoms with van der Waals surface area (Å²) in [6.07, 6.45) is -3.88. The molecule has 39 heavy (non-hydrogen) atoms. The van der Waals surface area contributed by atoms with E-state index in [1.165, 1.54) is 35.2 Å². The van der Waals surface area contributed by atoms with Crippen LogP contribution in [0.25, 0.3) is 10.9 Å². The minimum absolute atomic E-state index is 0.0661. The van der Waals surface area contributed by atoms with Crippen molar-refractivity contribution < 1.29 is 23.1 Å². The molecule has 0 radical (unpaired) electrons. The van der Waals surface area contributed by atoms with Crippen molar-refractivity contribution in [1.82, 2.24) is 14.5 Å². The number of benzene rings is 3. The number of alkyl halides is 3. The lowest BCUT2D eigenvalue weighted by atomic mass is 9.83. The molecule has 0 spiro atoms. The van der Waals surface area contributed by atoms with Gasteiger partial charge < -0.3 is 15.0 Å². The van der Waals surface area contributed by atoms with Crippen LogP contribution >= 0.6 is 0 Å². The van der Waals surface area contributed by atoms with Gasteiger partial charge in [-0.2, -0.15) is 13.2 Å². The Morgan fingerprint density at radius 2 is 1.67 bits per heavy atom. The Kier molecular flexibility index (Phi) is 6.90. The van der Waals surface area contributed by atoms with Crippen LogP contribution in [-0.2, 0) is 24.7 Å². The fourth-order valence-electron chi connectivity index (χ4n) is 5.01. The van der Waals surface area contributed by atoms with Crippen molar-refractivity contribution >= 4 is 16.8 Å². The number of carbonyl (C=O) groups excluding carboxylic acids is 1. The molecule has 2 heterocycles. The number of likely N-dealkylation sites (tertiary alicyclic amines) is 1. The number of aromatic nitrogens is 2. The second-order valence-electron chi connectivity index (χ2n) is 9.79. The van der Waals surface area contributed by atoms with Crippen LogP contribution in [0.5, 0.6) is 0 Å². The molecule has 202 valence electrons. The summed E-state index contributed by atoms with van der Waals surface area (Å²) >= 11 is 0. The van der Waals surface area contributed by atoms with Crippen LogP contribution in [0.3, 0.4) is 0 Å². The van der Waals surface area contributed by atoms with Crippen molar-refractivity contribution in [3.63, 3.8) is 0 Å². The maximum Gasteiger partial charge on any atom is 0.416 e. The van der Waals surface area contributed by atoms with Gasteiger partial charge in [0.1, 0.15) is 0 Å². The summed E-state index contributed by atoms with van der Waals surface area (Å²) in [4.78, 5) is 43.0. The highest BCUT2D eigenvalue weighted by molar-refractivity contribution is 5.97. The van der Waals surface area contributed by atoms with Crippen molar-refractivity contribution in [1.29, 1.82) is 0 Å². The predicted octanol–water partition coefficient (Wildman–Crippen LogP) is 4.08. The van der Waals surface area contributed by atoms with Gasteiger partial charge in [-0.3, -0.25) is 14.2 Å². The summed E-state index contributed by atoms with van der Waals surface area (Å²) in [5.74, 6) is -0.364. The molecule has 1 fully saturated rings. The minimum Gasteiger partial charge on any atom is -0.385 e. The Morgan fingerprint density at radius 1 is 0.949 bits per heavy atom. The van der Waals surface area contributed by atoms with Crippen LogP contribution in [0.15, 0.2) is 82.4 Å². The lowest BCUT2D eigenvalue weighted by Crippen LogP contribution is -2.45. The molecule has 7 nitrogen and oxygen atoms in total. The van der Waals surface area contributed by atoms with Gasteiger partial charge in [-0.25, -0.2) is 4.79 Å². The van der Waals surface area contributed by atoms with E-state index in [-0.39, 0.29) is 60.4 Å². The molecule has 0 bridgehead atoms. The normalized spacial score (nSPS) is 15.4. The van der Waals surface area contributed by atoms with Crippen molar-refractivity contribution in [3.05, 3.63) is 116 Å². The lowest BCUT2D eigenvalue weighted by molar-refractivity contribution is -0.137. The van der Waals surface area contributed by atoms with Gasteiger partial charge in [0.2, 0.25) is 0 Å². The number of nitrogens with one attached hydrogen (secondary N) is 1. The average Bonchev–Trinajstić information content (AvgIpc) is 2.93. The number of amides is 1. The van der Waals surface area contributed by atoms with Crippen LogP contribution in [-0.4, -0.2) is 38.6 Å². The number of aryl methyl sites for hydroxylation is 1. The van der Waals surface area contributed by atoms with Gasteiger partial charge in [-0.05, 0) is 60.7 Å². The number of aromatic amines is 1. The first-order valence-corrected chi connectivity index (χ1v) is 12.6. The molecule has 0 unspecified atom stereocenters. The molecule has 5 rings (SSSR count). The fraction of sp³-hybridized carbons (Fsp3) is 0.276. The van der Waals surface area contributed by atoms with Crippen molar-refractivity contribution in [2.75, 3.05) is 13.1 Å². The van der Waals surface area contributed by atoms with E-state index in [1.54, 1.807) is 0 Å². The molecule has 0 aliphatic carbocycles. The SMILES string of the molecule is O=C(c1ccc2c(=O)n(CCc3ccccc3)c(=O)[nH]c2c1)N1CCC(O)(c2cccc(C(F)(F)F)c2)CC1. The van der Waals surface area contributed by atoms with E-state index in [9.17, 15) is 32.7 Å². The van der Waals surface area contributed by atoms with Crippen LogP contribution < -0.4 is 11.2 Å². The molecule has 1 aliphatic rings. The molecular weight excluding hydrogens is 511 g/mol. The molecule has 1 amide bonds. The number of H-pyrrole nitrogens is 1. The Hall–Kier alpha value is -4.18. The standard InChI is InChI=1S/C29H26F3N3O4/c30-29(31,32)22-8-4-7-21(18-22)28(39)12-15-34(16-13-28)25(36)20-9-10-23-24(17-20)33-27(38)35(26(23)37)14-11-19-5-2-1-3-6-19/h1-10,17-18,39H,11-16H2,(H,33,38). The van der Waals surface area contributed by atoms with Gasteiger partial charge in [-0.1, -0.05) is 42.5 Å². The van der Waals surface area contributed by atoms with Crippen LogP contribution in [0.1, 0.15) is 39.9 Å². The molecule has 1 aromatic heterocycles. The van der Waals surface area contributed by atoms with E-state index < -0.39 is 28.6 Å². The van der Waals surface area contributed by atoms with E-state index in [0.29, 0.717) is 6.42 Å². The monoisotopic (exact) mass is 537 g/mol. The van der Waals surface area contributed by atoms with Crippen LogP contribution in [0.2, 0.25) is 0 Å². The largest absolute Gasteiger partial charge is 0.416 e. The lowest BCUT2D eigenvalue weighted by Gasteiger charge is -2.38. The molecule has 1 saturated heterocycles. The highest BCUT2D eigenvalue weighted by Crippen LogP contribution is 2.37. The van der Waals surface area contributed by atoms with Gasteiger partial charge in [0.05, 0.1) is 22.1 Å². The van der Waals surface area contributed by atoms with Gasteiger partial charge >= 0.3 is 11.9 Å². The molecule has 0 atom stereocenters. The first kappa shape index (κ1) is 26.4. The summed E-state index contributed by atoms with van der Waals surface area (Å²) in [7, 11) is 0. The fourth-order valence-corrected chi connectivity index (χ4v) is 5.01. The third-order valence-corrected chi connectivity index (χ3v) is 7.30. The zero-order valence-electron chi connectivity index (χ0n) is 20.9. The number of carbonyl (C=O) groups is 1. The zero-order chi connectivity index (χ0) is 27.8. The first-order valence-electron chi connectivity index (χ1n) is 12.6. The van der Waals surface area contributed by atoms with Gasteiger partial charge in [0.25, 0.3) is 11.5 Å². The number of piperidine rings is 1. The Morgan fingerprint density at radius 3 is 2.36 bits per heavy atom. The maximum absolute atomic E-state index is 13.2. The maximum atomic E-state index is 13.2. The van der Waals surface area contributed by atoms with E-state index >= 15 is 0 Å². The summed E-state index contributed by atoms with van der Waals surface area (Å²) < 4.78 is 40.5. The van der Waals surface area contributed by atoms with E-state index in [2.05, 4.69) is 4.98 Å². The summed E-state index contributed by atoms with van der Waals surface area (Å²) in [6.45, 7) is 0.458. The summed E-state index contributed by atoms with van der Waals surface area (Å²) in [6, 6.07) is 18.6. The quantitative estimate of drug-likeness (QED) is 0.401. The van der Waals surface area contributed by atoms with Gasteiger partial charge in [0.15, 0.2) is 0 Å². The molecule has 1 aliphatic heterocycles. The Balaban J connectivity index is 1.32. The smallest absolute Gasteiger partial charge is 0.385 e. The first-order chi connectivity index (χ1) is 18.5. The Labute approximate surface area is 221 Å². The van der Waals surface area contributed by atoms with Crippen LogP contribution in [0, 0.1) is 0 Å². The van der Waals surface area contributed by atoms with Crippen LogP contribution in [0.4, 0.5) is 13.2 Å². The van der Waals surface area contributed by atoms with E-state index in [4.69, 9.17) is 0 Å². The Bertz CT molecular complexity index is 1640. The number of fused-ring (bicyclic) bond motifs is 1. The molecule has 2 N–H and O–H groups in total. The third kappa shape index (κ3) is 5.37. The number of aliphatic hydroxyl groups is 1. The number of rotatable bonds is 5. The van der Waals surface area contributed by atoms with Crippen molar-refractivity contribution in [3.8, 4) is 0 Å². The summed E-state index contributed by atoms with van der Waals surface area (Å²) in [5, 5.41) is 11.3. The number of hydrogen-bond acceptors (Lipinski definition) is 4. The van der Waals surface area contributed by atoms with E-state index in [1.807, 2.05) is 30.3 Å². The molecule has 10 heteroatoms. The number of hydrogen-bond donors (Lipinski definition) is 2. The molecule has 4 aromatic rings. The number of nitrogens with zero attached hydrogens (tertiary/aromatic N) is 2. The van der Waals surface area contributed by atoms with Crippen molar-refractivity contribution in [2.24, 2.45) is 0 Å². The average molecular weight is 538 g/mol. The molecule has 3 aromatic carbocycles.